The Morgan fingerprint density at radius 2 is 2.24 bits per heavy atom. The van der Waals surface area contributed by atoms with E-state index in [9.17, 15) is 9.59 Å². The van der Waals surface area contributed by atoms with Crippen molar-refractivity contribution in [2.75, 3.05) is 26.8 Å². The van der Waals surface area contributed by atoms with E-state index in [0.29, 0.717) is 26.2 Å². The predicted octanol–water partition coefficient (Wildman–Crippen LogP) is 0.672. The molecule has 1 fully saturated rings. The number of carbonyl (C=O) groups excluding carboxylic acids is 1. The van der Waals surface area contributed by atoms with Crippen LogP contribution in [0.5, 0.6) is 0 Å². The minimum atomic E-state index is -0.838. The quantitative estimate of drug-likeness (QED) is 0.745. The van der Waals surface area contributed by atoms with Crippen molar-refractivity contribution in [3.63, 3.8) is 0 Å². The average molecular weight is 244 g/mol. The van der Waals surface area contributed by atoms with Crippen molar-refractivity contribution >= 4 is 12.0 Å². The van der Waals surface area contributed by atoms with Gasteiger partial charge in [-0.05, 0) is 19.8 Å². The van der Waals surface area contributed by atoms with Gasteiger partial charge in [-0.2, -0.15) is 0 Å². The van der Waals surface area contributed by atoms with Crippen molar-refractivity contribution in [1.82, 2.24) is 10.2 Å². The number of carboxylic acid groups (broad SMARTS) is 1. The zero-order chi connectivity index (χ0) is 12.9. The fourth-order valence-electron chi connectivity index (χ4n) is 1.69. The van der Waals surface area contributed by atoms with E-state index in [-0.39, 0.29) is 18.0 Å². The first-order valence-electron chi connectivity index (χ1n) is 5.76. The molecule has 0 aromatic rings. The van der Waals surface area contributed by atoms with Crippen molar-refractivity contribution in [2.45, 2.75) is 31.7 Å². The van der Waals surface area contributed by atoms with E-state index >= 15 is 0 Å². The minimum Gasteiger partial charge on any atom is -0.481 e. The molecule has 0 radical (unpaired) electrons. The van der Waals surface area contributed by atoms with Gasteiger partial charge in [-0.15, -0.1) is 0 Å². The Bertz CT molecular complexity index is 287. The Morgan fingerprint density at radius 1 is 1.53 bits per heavy atom. The van der Waals surface area contributed by atoms with Crippen LogP contribution in [0.15, 0.2) is 0 Å². The molecule has 0 spiro atoms. The zero-order valence-electron chi connectivity index (χ0n) is 10.4. The molecule has 17 heavy (non-hydrogen) atoms. The predicted molar refractivity (Wildman–Crippen MR) is 61.9 cm³/mol. The van der Waals surface area contributed by atoms with E-state index in [1.807, 2.05) is 6.92 Å². The van der Waals surface area contributed by atoms with Crippen LogP contribution in [-0.4, -0.2) is 54.4 Å². The molecule has 1 aliphatic heterocycles. The topological polar surface area (TPSA) is 78.9 Å². The van der Waals surface area contributed by atoms with Crippen LogP contribution in [0.25, 0.3) is 0 Å². The number of hydrogen-bond donors (Lipinski definition) is 2. The summed E-state index contributed by atoms with van der Waals surface area (Å²) in [5, 5.41) is 11.4. The molecule has 6 nitrogen and oxygen atoms in total. The third-order valence-corrected chi connectivity index (χ3v) is 2.86. The SMILES string of the molecule is CN(CCCC(=O)O)C(=O)NC1(C)CCOC1. The van der Waals surface area contributed by atoms with Crippen molar-refractivity contribution in [2.24, 2.45) is 0 Å². The van der Waals surface area contributed by atoms with E-state index in [1.165, 1.54) is 4.90 Å². The molecule has 1 unspecified atom stereocenters. The van der Waals surface area contributed by atoms with Gasteiger partial charge < -0.3 is 20.1 Å². The fraction of sp³-hybridized carbons (Fsp3) is 0.818. The maximum atomic E-state index is 11.8. The second kappa shape index (κ2) is 5.86. The fourth-order valence-corrected chi connectivity index (χ4v) is 1.69. The van der Waals surface area contributed by atoms with Crippen molar-refractivity contribution in [3.8, 4) is 0 Å². The molecule has 0 saturated carbocycles. The van der Waals surface area contributed by atoms with E-state index in [2.05, 4.69) is 5.32 Å². The normalized spacial score (nSPS) is 23.4. The smallest absolute Gasteiger partial charge is 0.317 e. The summed E-state index contributed by atoms with van der Waals surface area (Å²) in [7, 11) is 1.66. The lowest BCUT2D eigenvalue weighted by molar-refractivity contribution is -0.137. The van der Waals surface area contributed by atoms with Gasteiger partial charge in [0.25, 0.3) is 0 Å². The highest BCUT2D eigenvalue weighted by Gasteiger charge is 2.31. The number of carboxylic acids is 1. The first-order valence-corrected chi connectivity index (χ1v) is 5.76. The summed E-state index contributed by atoms with van der Waals surface area (Å²) in [5.74, 6) is -0.838. The number of ether oxygens (including phenoxy) is 1. The Kier molecular flexibility index (Phi) is 4.74. The molecule has 1 heterocycles. The van der Waals surface area contributed by atoms with Gasteiger partial charge in [0.1, 0.15) is 0 Å². The van der Waals surface area contributed by atoms with Crippen LogP contribution in [0, 0.1) is 0 Å². The second-order valence-corrected chi connectivity index (χ2v) is 4.71. The monoisotopic (exact) mass is 244 g/mol. The Hall–Kier alpha value is -1.30. The molecule has 0 aromatic carbocycles. The number of urea groups is 1. The molecule has 1 atom stereocenters. The average Bonchev–Trinajstić information content (AvgIpc) is 2.64. The Labute approximate surface area is 101 Å². The molecule has 1 saturated heterocycles. The van der Waals surface area contributed by atoms with Gasteiger partial charge in [0.2, 0.25) is 0 Å². The van der Waals surface area contributed by atoms with Gasteiger partial charge in [-0.1, -0.05) is 0 Å². The van der Waals surface area contributed by atoms with Gasteiger partial charge >= 0.3 is 12.0 Å². The van der Waals surface area contributed by atoms with Gasteiger partial charge in [0.05, 0.1) is 12.1 Å². The molecule has 6 heteroatoms. The van der Waals surface area contributed by atoms with Crippen molar-refractivity contribution in [3.05, 3.63) is 0 Å². The maximum absolute atomic E-state index is 11.8. The van der Waals surface area contributed by atoms with Crippen LogP contribution in [0.3, 0.4) is 0 Å². The highest BCUT2D eigenvalue weighted by Crippen LogP contribution is 2.17. The number of nitrogens with zero attached hydrogens (tertiary/aromatic N) is 1. The zero-order valence-corrected chi connectivity index (χ0v) is 10.4. The number of nitrogens with one attached hydrogen (secondary N) is 1. The van der Waals surface area contributed by atoms with Gasteiger partial charge in [0, 0.05) is 26.6 Å². The summed E-state index contributed by atoms with van der Waals surface area (Å²) in [6, 6.07) is -0.177. The van der Waals surface area contributed by atoms with E-state index in [1.54, 1.807) is 7.05 Å². The molecule has 2 N–H and O–H groups in total. The molecule has 1 aliphatic rings. The van der Waals surface area contributed by atoms with Gasteiger partial charge in [-0.25, -0.2) is 4.79 Å². The molecule has 0 aliphatic carbocycles. The van der Waals surface area contributed by atoms with Gasteiger partial charge in [-0.3, -0.25) is 4.79 Å². The molecule has 1 rings (SSSR count). The molecule has 0 aromatic heterocycles. The number of amides is 2. The highest BCUT2D eigenvalue weighted by molar-refractivity contribution is 5.75. The molecule has 2 amide bonds. The maximum Gasteiger partial charge on any atom is 0.317 e. The summed E-state index contributed by atoms with van der Waals surface area (Å²) in [6.45, 7) is 3.58. The summed E-state index contributed by atoms with van der Waals surface area (Å²) >= 11 is 0. The largest absolute Gasteiger partial charge is 0.481 e. The first kappa shape index (κ1) is 13.8. The molecule has 98 valence electrons. The molecule has 0 bridgehead atoms. The summed E-state index contributed by atoms with van der Waals surface area (Å²) in [4.78, 5) is 23.6. The molecular weight excluding hydrogens is 224 g/mol. The van der Waals surface area contributed by atoms with Crippen LogP contribution >= 0.6 is 0 Å². The van der Waals surface area contributed by atoms with Crippen LogP contribution in [0.4, 0.5) is 4.79 Å². The van der Waals surface area contributed by atoms with Crippen LogP contribution in [0.1, 0.15) is 26.2 Å². The van der Waals surface area contributed by atoms with Crippen molar-refractivity contribution < 1.29 is 19.4 Å². The second-order valence-electron chi connectivity index (χ2n) is 4.71. The third kappa shape index (κ3) is 4.60. The number of hydrogen-bond acceptors (Lipinski definition) is 3. The lowest BCUT2D eigenvalue weighted by Crippen LogP contribution is -2.51. The number of carbonyl (C=O) groups is 2. The molecular formula is C11H20N2O4. The summed E-state index contributed by atoms with van der Waals surface area (Å²) in [5.41, 5.74) is -0.294. The lowest BCUT2D eigenvalue weighted by atomic mass is 10.0. The summed E-state index contributed by atoms with van der Waals surface area (Å²) < 4.78 is 5.24. The van der Waals surface area contributed by atoms with Crippen LogP contribution < -0.4 is 5.32 Å². The highest BCUT2D eigenvalue weighted by atomic mass is 16.5. The number of rotatable bonds is 5. The van der Waals surface area contributed by atoms with E-state index in [0.717, 1.165) is 6.42 Å². The summed E-state index contributed by atoms with van der Waals surface area (Å²) in [6.07, 6.45) is 1.35. The van der Waals surface area contributed by atoms with Gasteiger partial charge in [0.15, 0.2) is 0 Å². The minimum absolute atomic E-state index is 0.0813. The van der Waals surface area contributed by atoms with Crippen LogP contribution in [-0.2, 0) is 9.53 Å². The van der Waals surface area contributed by atoms with Crippen LogP contribution in [0.2, 0.25) is 0 Å². The lowest BCUT2D eigenvalue weighted by Gasteiger charge is -2.27. The van der Waals surface area contributed by atoms with E-state index < -0.39 is 5.97 Å². The van der Waals surface area contributed by atoms with Crippen molar-refractivity contribution in [1.29, 1.82) is 0 Å². The first-order chi connectivity index (χ1) is 7.93. The Balaban J connectivity index is 2.28. The standard InChI is InChI=1S/C11H20N2O4/c1-11(5-7-17-8-11)12-10(16)13(2)6-3-4-9(14)15/h3-8H2,1-2H3,(H,12,16)(H,14,15). The third-order valence-electron chi connectivity index (χ3n) is 2.86. The number of aliphatic carboxylic acids is 1. The van der Waals surface area contributed by atoms with E-state index in [4.69, 9.17) is 9.84 Å². The Morgan fingerprint density at radius 3 is 2.76 bits per heavy atom.